The van der Waals surface area contributed by atoms with Crippen LogP contribution >= 0.6 is 0 Å². The van der Waals surface area contributed by atoms with Crippen LogP contribution in [0.4, 0.5) is 5.95 Å². The molecule has 1 aromatic heterocycles. The predicted molar refractivity (Wildman–Crippen MR) is 95.9 cm³/mol. The summed E-state index contributed by atoms with van der Waals surface area (Å²) in [6, 6.07) is 7.11. The molecule has 2 unspecified atom stereocenters. The predicted octanol–water partition coefficient (Wildman–Crippen LogP) is 2.23. The van der Waals surface area contributed by atoms with Crippen molar-refractivity contribution in [3.63, 3.8) is 0 Å². The van der Waals surface area contributed by atoms with Gasteiger partial charge in [-0.25, -0.2) is 5.10 Å². The summed E-state index contributed by atoms with van der Waals surface area (Å²) in [7, 11) is 0. The largest absolute Gasteiger partial charge is 0.484 e. The lowest BCUT2D eigenvalue weighted by Crippen LogP contribution is -2.49. The van der Waals surface area contributed by atoms with Crippen LogP contribution in [-0.2, 0) is 4.79 Å². The van der Waals surface area contributed by atoms with Gasteiger partial charge in [-0.15, -0.1) is 0 Å². The first-order valence-corrected chi connectivity index (χ1v) is 8.75. The number of carbonyl (C=O) groups is 2. The monoisotopic (exact) mass is 357 g/mol. The first-order chi connectivity index (χ1) is 12.5. The van der Waals surface area contributed by atoms with Gasteiger partial charge in [-0.3, -0.25) is 14.9 Å². The van der Waals surface area contributed by atoms with Gasteiger partial charge in [0.2, 0.25) is 5.95 Å². The molecule has 1 aliphatic heterocycles. The minimum atomic E-state index is -0.305. The molecule has 1 aliphatic rings. The Bertz CT molecular complexity index is 735. The van der Waals surface area contributed by atoms with Crippen LogP contribution in [0.1, 0.15) is 43.5 Å². The van der Waals surface area contributed by atoms with E-state index < -0.39 is 0 Å². The van der Waals surface area contributed by atoms with E-state index in [1.54, 1.807) is 24.3 Å². The summed E-state index contributed by atoms with van der Waals surface area (Å²) in [6.07, 6.45) is 4.54. The van der Waals surface area contributed by atoms with Crippen LogP contribution in [0.2, 0.25) is 0 Å². The number of benzene rings is 1. The highest BCUT2D eigenvalue weighted by atomic mass is 16.5. The smallest absolute Gasteiger partial charge is 0.260 e. The number of likely N-dealkylation sites (tertiary alicyclic amines) is 1. The van der Waals surface area contributed by atoms with E-state index >= 15 is 0 Å². The highest BCUT2D eigenvalue weighted by Crippen LogP contribution is 2.23. The summed E-state index contributed by atoms with van der Waals surface area (Å²) in [5.74, 6) is 0.523. The number of rotatable bonds is 5. The fourth-order valence-electron chi connectivity index (χ4n) is 3.28. The number of aromatic amines is 1. The molecule has 0 radical (unpaired) electrons. The average Bonchev–Trinajstić information content (AvgIpc) is 3.13. The summed E-state index contributed by atoms with van der Waals surface area (Å²) in [5.41, 5.74) is 0.457. The van der Waals surface area contributed by atoms with E-state index in [1.807, 2.05) is 4.90 Å². The first-order valence-electron chi connectivity index (χ1n) is 8.75. The van der Waals surface area contributed by atoms with Crippen LogP contribution in [0.25, 0.3) is 0 Å². The maximum absolute atomic E-state index is 12.5. The standard InChI is InChI=1S/C18H23N5O3/c1-12-4-3-5-13(2)23(12)16(24)10-26-15-8-6-14(7-9-15)17(25)21-18-19-11-20-22-18/h6-9,11-13H,3-5,10H2,1-2H3,(H2,19,20,21,22,25). The van der Waals surface area contributed by atoms with Gasteiger partial charge in [0.05, 0.1) is 0 Å². The van der Waals surface area contributed by atoms with Crippen molar-refractivity contribution >= 4 is 17.8 Å². The third-order valence-corrected chi connectivity index (χ3v) is 4.61. The Morgan fingerprint density at radius 2 is 1.92 bits per heavy atom. The zero-order valence-corrected chi connectivity index (χ0v) is 14.9. The van der Waals surface area contributed by atoms with Crippen molar-refractivity contribution in [2.75, 3.05) is 11.9 Å². The molecular weight excluding hydrogens is 334 g/mol. The fourth-order valence-corrected chi connectivity index (χ4v) is 3.28. The summed E-state index contributed by atoms with van der Waals surface area (Å²) in [5, 5.41) is 8.82. The Labute approximate surface area is 151 Å². The maximum atomic E-state index is 12.5. The molecule has 2 heterocycles. The number of nitrogens with one attached hydrogen (secondary N) is 2. The Hall–Kier alpha value is -2.90. The Morgan fingerprint density at radius 1 is 1.23 bits per heavy atom. The summed E-state index contributed by atoms with van der Waals surface area (Å²) < 4.78 is 5.61. The Kier molecular flexibility index (Phi) is 5.50. The van der Waals surface area contributed by atoms with Crippen LogP contribution in [-0.4, -0.2) is 50.6 Å². The number of anilines is 1. The van der Waals surface area contributed by atoms with E-state index in [4.69, 9.17) is 4.74 Å². The molecule has 0 spiro atoms. The van der Waals surface area contributed by atoms with Crippen molar-refractivity contribution in [1.82, 2.24) is 20.1 Å². The molecule has 3 rings (SSSR count). The minimum absolute atomic E-state index is 0.00170. The zero-order chi connectivity index (χ0) is 18.5. The van der Waals surface area contributed by atoms with Crippen molar-refractivity contribution in [3.8, 4) is 5.75 Å². The average molecular weight is 357 g/mol. The molecule has 2 amide bonds. The number of nitrogens with zero attached hydrogens (tertiary/aromatic N) is 3. The number of hydrogen-bond donors (Lipinski definition) is 2. The first kappa shape index (κ1) is 17.9. The molecule has 138 valence electrons. The van der Waals surface area contributed by atoms with Gasteiger partial charge in [0.25, 0.3) is 11.8 Å². The topological polar surface area (TPSA) is 100 Å². The molecule has 0 aliphatic carbocycles. The van der Waals surface area contributed by atoms with Gasteiger partial charge in [0, 0.05) is 17.6 Å². The van der Waals surface area contributed by atoms with Gasteiger partial charge in [0.1, 0.15) is 12.1 Å². The highest BCUT2D eigenvalue weighted by molar-refractivity contribution is 6.03. The van der Waals surface area contributed by atoms with Crippen molar-refractivity contribution in [2.45, 2.75) is 45.2 Å². The van der Waals surface area contributed by atoms with E-state index in [0.717, 1.165) is 19.3 Å². The molecule has 2 N–H and O–H groups in total. The summed E-state index contributed by atoms with van der Waals surface area (Å²) >= 11 is 0. The Balaban J connectivity index is 1.54. The minimum Gasteiger partial charge on any atom is -0.484 e. The number of hydrogen-bond acceptors (Lipinski definition) is 5. The molecule has 1 aromatic carbocycles. The molecular formula is C18H23N5O3. The number of carbonyl (C=O) groups excluding carboxylic acids is 2. The molecule has 1 saturated heterocycles. The number of H-pyrrole nitrogens is 1. The number of piperidine rings is 1. The molecule has 8 nitrogen and oxygen atoms in total. The normalized spacial score (nSPS) is 19.8. The van der Waals surface area contributed by atoms with Gasteiger partial charge in [-0.1, -0.05) is 0 Å². The van der Waals surface area contributed by atoms with Crippen molar-refractivity contribution < 1.29 is 14.3 Å². The molecule has 0 saturated carbocycles. The third-order valence-electron chi connectivity index (χ3n) is 4.61. The van der Waals surface area contributed by atoms with Crippen LogP contribution in [0.15, 0.2) is 30.6 Å². The van der Waals surface area contributed by atoms with Gasteiger partial charge in [-0.05, 0) is 57.4 Å². The van der Waals surface area contributed by atoms with Crippen molar-refractivity contribution in [3.05, 3.63) is 36.2 Å². The second-order valence-electron chi connectivity index (χ2n) is 6.53. The number of amides is 2. The summed E-state index contributed by atoms with van der Waals surface area (Å²) in [4.78, 5) is 30.3. The quantitative estimate of drug-likeness (QED) is 0.855. The number of ether oxygens (including phenoxy) is 1. The molecule has 2 atom stereocenters. The summed E-state index contributed by atoms with van der Waals surface area (Å²) in [6.45, 7) is 4.16. The lowest BCUT2D eigenvalue weighted by Gasteiger charge is -2.38. The number of aromatic nitrogens is 3. The van der Waals surface area contributed by atoms with E-state index in [0.29, 0.717) is 11.3 Å². The second-order valence-corrected chi connectivity index (χ2v) is 6.53. The molecule has 1 fully saturated rings. The Morgan fingerprint density at radius 3 is 2.54 bits per heavy atom. The van der Waals surface area contributed by atoms with Gasteiger partial charge >= 0.3 is 0 Å². The van der Waals surface area contributed by atoms with Crippen LogP contribution in [0.5, 0.6) is 5.75 Å². The lowest BCUT2D eigenvalue weighted by atomic mass is 9.97. The van der Waals surface area contributed by atoms with Crippen molar-refractivity contribution in [1.29, 1.82) is 0 Å². The molecule has 2 aromatic rings. The van der Waals surface area contributed by atoms with Gasteiger partial charge < -0.3 is 9.64 Å². The SMILES string of the molecule is CC1CCCC(C)N1C(=O)COc1ccc(C(=O)Nc2ncn[nH]2)cc1. The van der Waals surface area contributed by atoms with E-state index in [1.165, 1.54) is 6.33 Å². The van der Waals surface area contributed by atoms with E-state index in [-0.39, 0.29) is 36.5 Å². The highest BCUT2D eigenvalue weighted by Gasteiger charge is 2.28. The van der Waals surface area contributed by atoms with Crippen LogP contribution in [0.3, 0.4) is 0 Å². The fraction of sp³-hybridized carbons (Fsp3) is 0.444. The molecule has 0 bridgehead atoms. The third kappa shape index (κ3) is 4.19. The zero-order valence-electron chi connectivity index (χ0n) is 14.9. The second kappa shape index (κ2) is 7.99. The molecule has 26 heavy (non-hydrogen) atoms. The van der Waals surface area contributed by atoms with E-state index in [9.17, 15) is 9.59 Å². The van der Waals surface area contributed by atoms with E-state index in [2.05, 4.69) is 34.3 Å². The lowest BCUT2D eigenvalue weighted by molar-refractivity contribution is -0.139. The molecule has 8 heteroatoms. The van der Waals surface area contributed by atoms with Crippen LogP contribution < -0.4 is 10.1 Å². The van der Waals surface area contributed by atoms with Gasteiger partial charge in [-0.2, -0.15) is 10.1 Å². The van der Waals surface area contributed by atoms with Crippen LogP contribution in [0, 0.1) is 0 Å². The maximum Gasteiger partial charge on any atom is 0.260 e. The van der Waals surface area contributed by atoms with Crippen molar-refractivity contribution in [2.24, 2.45) is 0 Å². The van der Waals surface area contributed by atoms with Gasteiger partial charge in [0.15, 0.2) is 6.61 Å².